The fraction of sp³-hybridized carbons (Fsp3) is 0.750. The Bertz CT molecular complexity index is 420. The fourth-order valence-corrected chi connectivity index (χ4v) is 1.72. The average molecular weight is 379 g/mol. The first-order valence-electron chi connectivity index (χ1n) is 6.53. The van der Waals surface area contributed by atoms with E-state index in [1.54, 1.807) is 0 Å². The van der Waals surface area contributed by atoms with Crippen LogP contribution in [0.25, 0.3) is 0 Å². The summed E-state index contributed by atoms with van der Waals surface area (Å²) in [5, 5.41) is 10.4. The number of guanidine groups is 1. The number of hydrogen-bond acceptors (Lipinski definition) is 4. The highest BCUT2D eigenvalue weighted by molar-refractivity contribution is 14.0. The second kappa shape index (κ2) is 7.66. The van der Waals surface area contributed by atoms with Crippen LogP contribution in [-0.2, 0) is 6.42 Å². The van der Waals surface area contributed by atoms with Crippen molar-refractivity contribution in [3.05, 3.63) is 11.7 Å². The highest BCUT2D eigenvalue weighted by atomic mass is 127. The van der Waals surface area contributed by atoms with Crippen LogP contribution in [0.4, 0.5) is 0 Å². The van der Waals surface area contributed by atoms with Crippen LogP contribution in [0.15, 0.2) is 9.52 Å². The molecule has 1 saturated carbocycles. The maximum atomic E-state index is 5.05. The van der Waals surface area contributed by atoms with Gasteiger partial charge in [0.2, 0.25) is 5.89 Å². The lowest BCUT2D eigenvalue weighted by Crippen LogP contribution is -2.39. The molecule has 2 N–H and O–H groups in total. The van der Waals surface area contributed by atoms with Crippen LogP contribution in [-0.4, -0.2) is 35.2 Å². The summed E-state index contributed by atoms with van der Waals surface area (Å²) in [5.41, 5.74) is 0. The molecule has 1 aromatic rings. The molecular weight excluding hydrogens is 357 g/mol. The molecule has 7 heteroatoms. The predicted molar refractivity (Wildman–Crippen MR) is 84.8 cm³/mol. The van der Waals surface area contributed by atoms with E-state index in [4.69, 9.17) is 4.52 Å². The first-order valence-corrected chi connectivity index (χ1v) is 6.53. The average Bonchev–Trinajstić information content (AvgIpc) is 2.85. The zero-order valence-electron chi connectivity index (χ0n) is 11.6. The molecule has 0 bridgehead atoms. The number of nitrogens with one attached hydrogen (secondary N) is 2. The molecule has 2 unspecified atom stereocenters. The highest BCUT2D eigenvalue weighted by Gasteiger charge is 2.33. The number of aryl methyl sites for hydroxylation is 1. The Labute approximate surface area is 130 Å². The van der Waals surface area contributed by atoms with Crippen molar-refractivity contribution in [1.82, 2.24) is 20.8 Å². The van der Waals surface area contributed by atoms with Crippen molar-refractivity contribution in [2.75, 3.05) is 13.1 Å². The van der Waals surface area contributed by atoms with Crippen molar-refractivity contribution in [2.24, 2.45) is 10.9 Å². The number of rotatable bonds is 5. The van der Waals surface area contributed by atoms with E-state index >= 15 is 0 Å². The molecule has 1 aliphatic rings. The Morgan fingerprint density at radius 3 is 2.79 bits per heavy atom. The zero-order chi connectivity index (χ0) is 13.0. The molecular formula is C12H22IN5O. The summed E-state index contributed by atoms with van der Waals surface area (Å²) in [6.07, 6.45) is 1.91. The fourth-order valence-electron chi connectivity index (χ4n) is 1.72. The van der Waals surface area contributed by atoms with E-state index in [1.165, 1.54) is 6.42 Å². The van der Waals surface area contributed by atoms with Gasteiger partial charge in [-0.3, -0.25) is 4.99 Å². The van der Waals surface area contributed by atoms with E-state index < -0.39 is 0 Å². The Morgan fingerprint density at radius 1 is 1.53 bits per heavy atom. The van der Waals surface area contributed by atoms with Crippen LogP contribution in [0.1, 0.15) is 32.0 Å². The summed E-state index contributed by atoms with van der Waals surface area (Å²) in [6, 6.07) is 0.577. The first kappa shape index (κ1) is 16.2. The van der Waals surface area contributed by atoms with Crippen LogP contribution >= 0.6 is 24.0 Å². The molecule has 0 saturated heterocycles. The van der Waals surface area contributed by atoms with Gasteiger partial charge in [-0.1, -0.05) is 12.1 Å². The number of hydrogen-bond donors (Lipinski definition) is 2. The summed E-state index contributed by atoms with van der Waals surface area (Å²) in [7, 11) is 0. The summed E-state index contributed by atoms with van der Waals surface area (Å²) in [6.45, 7) is 7.64. The lowest BCUT2D eigenvalue weighted by Gasteiger charge is -2.10. The molecule has 6 nitrogen and oxygen atoms in total. The van der Waals surface area contributed by atoms with Crippen LogP contribution in [0, 0.1) is 12.8 Å². The molecule has 1 fully saturated rings. The van der Waals surface area contributed by atoms with Gasteiger partial charge in [0.25, 0.3) is 0 Å². The van der Waals surface area contributed by atoms with E-state index in [0.717, 1.165) is 18.4 Å². The molecule has 0 spiro atoms. The van der Waals surface area contributed by atoms with Crippen LogP contribution in [0.5, 0.6) is 0 Å². The van der Waals surface area contributed by atoms with Gasteiger partial charge in [-0.25, -0.2) is 0 Å². The van der Waals surface area contributed by atoms with Gasteiger partial charge < -0.3 is 15.2 Å². The van der Waals surface area contributed by atoms with E-state index in [-0.39, 0.29) is 24.0 Å². The normalized spacial score (nSPS) is 21.7. The summed E-state index contributed by atoms with van der Waals surface area (Å²) in [4.78, 5) is 8.65. The molecule has 1 aliphatic carbocycles. The SMILES string of the molecule is CCNC(=NCCc1nc(C)no1)NC1CC1C.I. The minimum atomic E-state index is 0. The Balaban J connectivity index is 0.00000180. The predicted octanol–water partition coefficient (Wildman–Crippen LogP) is 1.50. The number of halogens is 1. The molecule has 19 heavy (non-hydrogen) atoms. The summed E-state index contributed by atoms with van der Waals surface area (Å²) >= 11 is 0. The van der Waals surface area contributed by atoms with E-state index in [9.17, 15) is 0 Å². The van der Waals surface area contributed by atoms with Crippen molar-refractivity contribution in [2.45, 2.75) is 39.7 Å². The van der Waals surface area contributed by atoms with Gasteiger partial charge in [0.05, 0.1) is 6.54 Å². The van der Waals surface area contributed by atoms with Gasteiger partial charge in [-0.15, -0.1) is 24.0 Å². The molecule has 2 rings (SSSR count). The van der Waals surface area contributed by atoms with Crippen LogP contribution < -0.4 is 10.6 Å². The quantitative estimate of drug-likeness (QED) is 0.461. The molecule has 0 amide bonds. The maximum Gasteiger partial charge on any atom is 0.228 e. The van der Waals surface area contributed by atoms with Crippen molar-refractivity contribution >= 4 is 29.9 Å². The van der Waals surface area contributed by atoms with Crippen molar-refractivity contribution < 1.29 is 4.52 Å². The van der Waals surface area contributed by atoms with Gasteiger partial charge in [0, 0.05) is 19.0 Å². The largest absolute Gasteiger partial charge is 0.357 e. The topological polar surface area (TPSA) is 75.3 Å². The molecule has 1 aromatic heterocycles. The van der Waals surface area contributed by atoms with E-state index in [2.05, 4.69) is 39.6 Å². The smallest absolute Gasteiger partial charge is 0.228 e. The Kier molecular flexibility index (Phi) is 6.53. The Hall–Kier alpha value is -0.860. The first-order chi connectivity index (χ1) is 8.69. The zero-order valence-corrected chi connectivity index (χ0v) is 14.0. The molecule has 0 radical (unpaired) electrons. The molecule has 0 aliphatic heterocycles. The lowest BCUT2D eigenvalue weighted by molar-refractivity contribution is 0.376. The third kappa shape index (κ3) is 5.33. The van der Waals surface area contributed by atoms with Gasteiger partial charge in [-0.2, -0.15) is 4.98 Å². The highest BCUT2D eigenvalue weighted by Crippen LogP contribution is 2.28. The number of aliphatic imine (C=N–C) groups is 1. The third-order valence-corrected chi connectivity index (χ3v) is 2.94. The maximum absolute atomic E-state index is 5.05. The van der Waals surface area contributed by atoms with Crippen molar-refractivity contribution in [1.29, 1.82) is 0 Å². The molecule has 108 valence electrons. The summed E-state index contributed by atoms with van der Waals surface area (Å²) in [5.74, 6) is 2.95. The number of aromatic nitrogens is 2. The second-order valence-electron chi connectivity index (χ2n) is 4.71. The molecule has 2 atom stereocenters. The minimum absolute atomic E-state index is 0. The van der Waals surface area contributed by atoms with Gasteiger partial charge in [-0.05, 0) is 26.2 Å². The van der Waals surface area contributed by atoms with Gasteiger partial charge in [0.1, 0.15) is 0 Å². The number of nitrogens with zero attached hydrogens (tertiary/aromatic N) is 3. The van der Waals surface area contributed by atoms with E-state index in [0.29, 0.717) is 30.7 Å². The lowest BCUT2D eigenvalue weighted by atomic mass is 10.4. The monoisotopic (exact) mass is 379 g/mol. The van der Waals surface area contributed by atoms with E-state index in [1.807, 2.05) is 6.92 Å². The molecule has 1 heterocycles. The molecule has 0 aromatic carbocycles. The van der Waals surface area contributed by atoms with Gasteiger partial charge >= 0.3 is 0 Å². The second-order valence-corrected chi connectivity index (χ2v) is 4.71. The summed E-state index contributed by atoms with van der Waals surface area (Å²) < 4.78 is 5.05. The van der Waals surface area contributed by atoms with Crippen LogP contribution in [0.2, 0.25) is 0 Å². The van der Waals surface area contributed by atoms with Crippen molar-refractivity contribution in [3.8, 4) is 0 Å². The van der Waals surface area contributed by atoms with Crippen LogP contribution in [0.3, 0.4) is 0 Å². The standard InChI is InChI=1S/C12H21N5O.HI/c1-4-13-12(16-10-7-8(10)2)14-6-5-11-15-9(3)17-18-11;/h8,10H,4-7H2,1-3H3,(H2,13,14,16);1H. The Morgan fingerprint density at radius 2 is 2.26 bits per heavy atom. The minimum Gasteiger partial charge on any atom is -0.357 e. The van der Waals surface area contributed by atoms with Crippen molar-refractivity contribution in [3.63, 3.8) is 0 Å². The van der Waals surface area contributed by atoms with Gasteiger partial charge in [0.15, 0.2) is 11.8 Å². The third-order valence-electron chi connectivity index (χ3n) is 2.94.